The first-order valence-electron chi connectivity index (χ1n) is 18.8. The molecule has 0 fully saturated rings. The second-order valence-electron chi connectivity index (χ2n) is 12.5. The SMILES string of the molecule is CO.CO.O=S(=O)([O-])c1ccc2ccccc2c1.O=S(=O)([O-])c1ccc2ccccc2c1.[Fe+2].c1cnn(C(n2cccn2)n2cccn2)c1.c1cnn(C(n2cccn2)n2cccn2)c1. The standard InChI is InChI=1S/2C10H10N6.2C10H8O3S.2CH4O.Fe/c2*1-4-11-14(7-1)10(15-8-2-5-12-15)16-9-3-6-13-16;2*11-14(12,13)10-6-5-8-3-1-2-4-9(8)7-10;2*1-2;/h2*1-10H;2*1-7H,(H,11,12,13);2*2H,1H3;/q;;;;;;+2/p-2. The summed E-state index contributed by atoms with van der Waals surface area (Å²) >= 11 is 0. The summed E-state index contributed by atoms with van der Waals surface area (Å²) in [6.07, 6.45) is 21.3. The molecule has 23 heteroatoms. The van der Waals surface area contributed by atoms with Crippen molar-refractivity contribution in [3.8, 4) is 0 Å². The van der Waals surface area contributed by atoms with E-state index in [1.807, 2.05) is 97.8 Å². The van der Waals surface area contributed by atoms with Gasteiger partial charge in [0.2, 0.25) is 12.6 Å². The van der Waals surface area contributed by atoms with Gasteiger partial charge >= 0.3 is 17.1 Å². The predicted molar refractivity (Wildman–Crippen MR) is 233 cm³/mol. The van der Waals surface area contributed by atoms with Crippen LogP contribution < -0.4 is 0 Å². The van der Waals surface area contributed by atoms with Gasteiger partial charge in [0.1, 0.15) is 20.2 Å². The van der Waals surface area contributed by atoms with Crippen LogP contribution >= 0.6 is 0 Å². The molecule has 0 aliphatic carbocycles. The van der Waals surface area contributed by atoms with Gasteiger partial charge in [-0.3, -0.25) is 0 Å². The fourth-order valence-electron chi connectivity index (χ4n) is 5.88. The van der Waals surface area contributed by atoms with Crippen LogP contribution in [0, 0.1) is 0 Å². The Bertz CT molecular complexity index is 2690. The van der Waals surface area contributed by atoms with Crippen molar-refractivity contribution in [2.45, 2.75) is 22.4 Å². The number of hydrogen-bond acceptors (Lipinski definition) is 14. The third-order valence-electron chi connectivity index (χ3n) is 8.59. The number of rotatable bonds is 8. The maximum absolute atomic E-state index is 10.7. The van der Waals surface area contributed by atoms with Gasteiger partial charge in [0.25, 0.3) is 0 Å². The topological polar surface area (TPSA) is 262 Å². The van der Waals surface area contributed by atoms with E-state index < -0.39 is 20.2 Å². The molecule has 2 N–H and O–H groups in total. The van der Waals surface area contributed by atoms with Crippen molar-refractivity contribution in [3.63, 3.8) is 0 Å². The van der Waals surface area contributed by atoms with Crippen LogP contribution in [0.2, 0.25) is 0 Å². The van der Waals surface area contributed by atoms with Crippen molar-refractivity contribution in [2.75, 3.05) is 14.2 Å². The molecule has 0 atom stereocenters. The molecule has 0 unspecified atom stereocenters. The third-order valence-corrected chi connectivity index (χ3v) is 10.3. The molecule has 65 heavy (non-hydrogen) atoms. The maximum Gasteiger partial charge on any atom is 2.00 e. The number of benzene rings is 4. The summed E-state index contributed by atoms with van der Waals surface area (Å²) in [5, 5.41) is 42.7. The van der Waals surface area contributed by atoms with Crippen molar-refractivity contribution < 1.29 is 53.2 Å². The molecule has 338 valence electrons. The van der Waals surface area contributed by atoms with E-state index in [1.165, 1.54) is 24.3 Å². The molecule has 0 bridgehead atoms. The summed E-state index contributed by atoms with van der Waals surface area (Å²) in [6, 6.07) is 34.5. The van der Waals surface area contributed by atoms with Crippen LogP contribution in [0.5, 0.6) is 0 Å². The Balaban J connectivity index is 0.000000184. The number of aliphatic hydroxyl groups is 2. The van der Waals surface area contributed by atoms with Crippen LogP contribution in [-0.4, -0.2) is 109 Å². The minimum Gasteiger partial charge on any atom is -0.744 e. The first kappa shape index (κ1) is 50.6. The second kappa shape index (κ2) is 24.7. The van der Waals surface area contributed by atoms with E-state index in [4.69, 9.17) is 10.2 Å². The van der Waals surface area contributed by atoms with Gasteiger partial charge in [-0.1, -0.05) is 60.7 Å². The van der Waals surface area contributed by atoms with Gasteiger partial charge in [-0.05, 0) is 82.2 Å². The van der Waals surface area contributed by atoms with Crippen LogP contribution in [0.3, 0.4) is 0 Å². The van der Waals surface area contributed by atoms with E-state index in [1.54, 1.807) is 102 Å². The van der Waals surface area contributed by atoms with Crippen LogP contribution in [0.25, 0.3) is 21.5 Å². The average molecular weight is 963 g/mol. The van der Waals surface area contributed by atoms with E-state index in [9.17, 15) is 25.9 Å². The summed E-state index contributed by atoms with van der Waals surface area (Å²) in [7, 11) is -6.69. The van der Waals surface area contributed by atoms with Crippen LogP contribution in [0.4, 0.5) is 0 Å². The van der Waals surface area contributed by atoms with Crippen molar-refractivity contribution in [1.82, 2.24) is 58.7 Å². The van der Waals surface area contributed by atoms with E-state index in [-0.39, 0.29) is 39.4 Å². The minimum atomic E-state index is -4.34. The first-order valence-corrected chi connectivity index (χ1v) is 21.6. The van der Waals surface area contributed by atoms with E-state index >= 15 is 0 Å². The Hall–Kier alpha value is -7.08. The quantitative estimate of drug-likeness (QED) is 0.158. The summed E-state index contributed by atoms with van der Waals surface area (Å²) < 4.78 is 75.1. The van der Waals surface area contributed by atoms with Crippen molar-refractivity contribution in [1.29, 1.82) is 0 Å². The molecule has 10 rings (SSSR count). The molecular weight excluding hydrogens is 921 g/mol. The number of hydrogen-bond donors (Lipinski definition) is 2. The molecular formula is C42H42FeN12O8S2. The van der Waals surface area contributed by atoms with Crippen LogP contribution in [0.15, 0.2) is 205 Å². The molecule has 0 aliphatic heterocycles. The maximum atomic E-state index is 10.7. The van der Waals surface area contributed by atoms with Crippen molar-refractivity contribution in [3.05, 3.63) is 196 Å². The molecule has 0 amide bonds. The Kier molecular flexibility index (Phi) is 19.2. The van der Waals surface area contributed by atoms with Crippen LogP contribution in [-0.2, 0) is 37.3 Å². The molecule has 0 aliphatic rings. The van der Waals surface area contributed by atoms with Gasteiger partial charge < -0.3 is 19.3 Å². The molecule has 0 saturated carbocycles. The van der Waals surface area contributed by atoms with Gasteiger partial charge in [-0.15, -0.1) is 0 Å². The zero-order chi connectivity index (χ0) is 46.0. The van der Waals surface area contributed by atoms with E-state index in [0.29, 0.717) is 0 Å². The first-order chi connectivity index (χ1) is 31.0. The number of aromatic nitrogens is 12. The molecule has 6 heterocycles. The van der Waals surface area contributed by atoms with Gasteiger partial charge in [0.15, 0.2) is 0 Å². The third kappa shape index (κ3) is 14.0. The van der Waals surface area contributed by atoms with Gasteiger partial charge in [-0.2, -0.15) is 30.6 Å². The van der Waals surface area contributed by atoms with Crippen LogP contribution in [0.1, 0.15) is 12.6 Å². The predicted octanol–water partition coefficient (Wildman–Crippen LogP) is 4.36. The number of aliphatic hydroxyl groups excluding tert-OH is 2. The largest absolute Gasteiger partial charge is 2.00 e. The van der Waals surface area contributed by atoms with Crippen molar-refractivity contribution >= 4 is 41.8 Å². The Labute approximate surface area is 384 Å². The minimum absolute atomic E-state index is 0. The van der Waals surface area contributed by atoms with Gasteiger partial charge in [-0.25, -0.2) is 44.9 Å². The van der Waals surface area contributed by atoms with Gasteiger partial charge in [0, 0.05) is 88.6 Å². The zero-order valence-corrected chi connectivity index (χ0v) is 37.2. The monoisotopic (exact) mass is 962 g/mol. The molecule has 20 nitrogen and oxygen atoms in total. The fourth-order valence-corrected chi connectivity index (χ4v) is 6.89. The molecule has 0 radical (unpaired) electrons. The van der Waals surface area contributed by atoms with Gasteiger partial charge in [0.05, 0.1) is 9.79 Å². The average Bonchev–Trinajstić information content (AvgIpc) is 4.18. The molecule has 0 spiro atoms. The Morgan fingerprint density at radius 3 is 0.815 bits per heavy atom. The van der Waals surface area contributed by atoms with Crippen molar-refractivity contribution in [2.24, 2.45) is 0 Å². The summed E-state index contributed by atoms with van der Waals surface area (Å²) in [5.74, 6) is 0. The molecule has 0 saturated heterocycles. The second-order valence-corrected chi connectivity index (χ2v) is 15.3. The Morgan fingerprint density at radius 1 is 0.385 bits per heavy atom. The molecule has 6 aromatic heterocycles. The summed E-state index contributed by atoms with van der Waals surface area (Å²) in [4.78, 5) is -0.368. The summed E-state index contributed by atoms with van der Waals surface area (Å²) in [5.41, 5.74) is 0. The number of nitrogens with zero attached hydrogens (tertiary/aromatic N) is 12. The molecule has 4 aromatic carbocycles. The zero-order valence-electron chi connectivity index (χ0n) is 34.5. The smallest absolute Gasteiger partial charge is 0.744 e. The van der Waals surface area contributed by atoms with E-state index in [2.05, 4.69) is 30.6 Å². The normalized spacial score (nSPS) is 10.7. The summed E-state index contributed by atoms with van der Waals surface area (Å²) in [6.45, 7) is 0. The Morgan fingerprint density at radius 2 is 0.615 bits per heavy atom. The fraction of sp³-hybridized carbons (Fsp3) is 0.0952. The molecule has 10 aromatic rings. The number of fused-ring (bicyclic) bond motifs is 2. The van der Waals surface area contributed by atoms with E-state index in [0.717, 1.165) is 35.8 Å².